The van der Waals surface area contributed by atoms with Gasteiger partial charge >= 0.3 is 0 Å². The molecule has 17 heavy (non-hydrogen) atoms. The lowest BCUT2D eigenvalue weighted by Gasteiger charge is -2.30. The summed E-state index contributed by atoms with van der Waals surface area (Å²) in [4.78, 5) is 32.5. The second-order valence-electron chi connectivity index (χ2n) is 4.96. The normalized spacial score (nSPS) is 23.6. The first-order valence-corrected chi connectivity index (χ1v) is 6.10. The van der Waals surface area contributed by atoms with Crippen LogP contribution in [0.4, 0.5) is 5.95 Å². The predicted molar refractivity (Wildman–Crippen MR) is 61.2 cm³/mol. The molecule has 1 N–H and O–H groups in total. The van der Waals surface area contributed by atoms with Crippen molar-refractivity contribution in [2.75, 3.05) is 4.90 Å². The van der Waals surface area contributed by atoms with E-state index in [0.29, 0.717) is 12.4 Å². The van der Waals surface area contributed by atoms with Gasteiger partial charge in [-0.1, -0.05) is 19.3 Å². The molecule has 2 fully saturated rings. The first-order valence-electron chi connectivity index (χ1n) is 6.10. The van der Waals surface area contributed by atoms with E-state index in [9.17, 15) is 9.59 Å². The summed E-state index contributed by atoms with van der Waals surface area (Å²) in [5.41, 5.74) is -0.428. The number of imidazole rings is 1. The Morgan fingerprint density at radius 2 is 2.00 bits per heavy atom. The van der Waals surface area contributed by atoms with E-state index < -0.39 is 5.41 Å². The predicted octanol–water partition coefficient (Wildman–Crippen LogP) is 1.62. The molecule has 3 rings (SSSR count). The van der Waals surface area contributed by atoms with E-state index in [-0.39, 0.29) is 11.8 Å². The fourth-order valence-corrected chi connectivity index (χ4v) is 3.01. The van der Waals surface area contributed by atoms with Crippen molar-refractivity contribution in [3.63, 3.8) is 0 Å². The maximum Gasteiger partial charge on any atom is 0.242 e. The molecule has 2 amide bonds. The van der Waals surface area contributed by atoms with Gasteiger partial charge in [-0.3, -0.25) is 9.59 Å². The van der Waals surface area contributed by atoms with E-state index in [0.717, 1.165) is 25.7 Å². The molecule has 2 aliphatic rings. The summed E-state index contributed by atoms with van der Waals surface area (Å²) in [6.45, 7) is 0. The fraction of sp³-hybridized carbons (Fsp3) is 0.583. The Bertz CT molecular complexity index is 446. The standard InChI is InChI=1S/C12H15N3O2/c16-9-8-12(4-2-1-3-5-12)10(17)15(9)11-13-6-7-14-11/h6-7H,1-5,8H2,(H,13,14). The highest BCUT2D eigenvalue weighted by molar-refractivity contribution is 6.21. The molecule has 0 aromatic carbocycles. The Morgan fingerprint density at radius 1 is 1.24 bits per heavy atom. The number of nitrogens with one attached hydrogen (secondary N) is 1. The quantitative estimate of drug-likeness (QED) is 0.749. The number of H-pyrrole nitrogens is 1. The zero-order valence-electron chi connectivity index (χ0n) is 9.61. The lowest BCUT2D eigenvalue weighted by atomic mass is 9.73. The SMILES string of the molecule is O=C1CC2(CCCCC2)C(=O)N1c1ncc[nH]1. The van der Waals surface area contributed by atoms with Crippen LogP contribution in [0.2, 0.25) is 0 Å². The van der Waals surface area contributed by atoms with E-state index in [4.69, 9.17) is 0 Å². The van der Waals surface area contributed by atoms with Gasteiger partial charge in [-0.15, -0.1) is 0 Å². The number of rotatable bonds is 1. The van der Waals surface area contributed by atoms with Crippen molar-refractivity contribution in [2.24, 2.45) is 5.41 Å². The molecule has 5 nitrogen and oxygen atoms in total. The number of aromatic amines is 1. The van der Waals surface area contributed by atoms with E-state index in [1.807, 2.05) is 0 Å². The minimum absolute atomic E-state index is 0.0582. The molecule has 90 valence electrons. The Labute approximate surface area is 99.2 Å². The summed E-state index contributed by atoms with van der Waals surface area (Å²) < 4.78 is 0. The smallest absolute Gasteiger partial charge is 0.242 e. The van der Waals surface area contributed by atoms with Crippen LogP contribution in [0.25, 0.3) is 0 Å². The summed E-state index contributed by atoms with van der Waals surface area (Å²) in [5.74, 6) is 0.187. The van der Waals surface area contributed by atoms with E-state index in [1.54, 1.807) is 12.4 Å². The summed E-state index contributed by atoms with van der Waals surface area (Å²) in [5, 5.41) is 0. The van der Waals surface area contributed by atoms with Crippen LogP contribution in [-0.2, 0) is 9.59 Å². The third-order valence-corrected chi connectivity index (χ3v) is 3.90. The van der Waals surface area contributed by atoms with Crippen molar-refractivity contribution in [1.82, 2.24) is 9.97 Å². The second kappa shape index (κ2) is 3.68. The van der Waals surface area contributed by atoms with Crippen molar-refractivity contribution in [3.05, 3.63) is 12.4 Å². The monoisotopic (exact) mass is 233 g/mol. The molecule has 1 aromatic heterocycles. The molecule has 0 bridgehead atoms. The van der Waals surface area contributed by atoms with Gasteiger partial charge in [0.15, 0.2) is 0 Å². The number of carbonyl (C=O) groups excluding carboxylic acids is 2. The van der Waals surface area contributed by atoms with Gasteiger partial charge in [0.2, 0.25) is 17.8 Å². The molecule has 1 aromatic rings. The van der Waals surface area contributed by atoms with Crippen LogP contribution in [0, 0.1) is 5.41 Å². The Kier molecular flexibility index (Phi) is 2.28. The summed E-state index contributed by atoms with van der Waals surface area (Å²) in [6, 6.07) is 0. The maximum absolute atomic E-state index is 12.4. The van der Waals surface area contributed by atoms with Gasteiger partial charge in [0.1, 0.15) is 0 Å². The van der Waals surface area contributed by atoms with Crippen molar-refractivity contribution in [1.29, 1.82) is 0 Å². The maximum atomic E-state index is 12.4. The zero-order chi connectivity index (χ0) is 11.9. The topological polar surface area (TPSA) is 66.1 Å². The van der Waals surface area contributed by atoms with Crippen molar-refractivity contribution in [2.45, 2.75) is 38.5 Å². The molecular formula is C12H15N3O2. The average molecular weight is 233 g/mol. The van der Waals surface area contributed by atoms with Crippen LogP contribution in [0.5, 0.6) is 0 Å². The molecule has 1 aliphatic carbocycles. The highest BCUT2D eigenvalue weighted by atomic mass is 16.2. The molecule has 1 aliphatic heterocycles. The third kappa shape index (κ3) is 1.49. The Hall–Kier alpha value is -1.65. The molecule has 1 spiro atoms. The minimum Gasteiger partial charge on any atom is -0.330 e. The van der Waals surface area contributed by atoms with Crippen LogP contribution in [0.15, 0.2) is 12.4 Å². The van der Waals surface area contributed by atoms with Gasteiger partial charge in [-0.25, -0.2) is 9.88 Å². The van der Waals surface area contributed by atoms with Gasteiger partial charge in [0, 0.05) is 18.8 Å². The highest BCUT2D eigenvalue weighted by Gasteiger charge is 2.52. The van der Waals surface area contributed by atoms with Crippen molar-refractivity contribution >= 4 is 17.8 Å². The largest absolute Gasteiger partial charge is 0.330 e. The lowest BCUT2D eigenvalue weighted by molar-refractivity contribution is -0.127. The molecule has 0 radical (unpaired) electrons. The van der Waals surface area contributed by atoms with Gasteiger partial charge < -0.3 is 4.98 Å². The van der Waals surface area contributed by atoms with Gasteiger partial charge in [-0.05, 0) is 12.8 Å². The van der Waals surface area contributed by atoms with Crippen LogP contribution in [0.3, 0.4) is 0 Å². The molecule has 1 saturated carbocycles. The summed E-state index contributed by atoms with van der Waals surface area (Å²) in [7, 11) is 0. The zero-order valence-corrected chi connectivity index (χ0v) is 9.61. The lowest BCUT2D eigenvalue weighted by Crippen LogP contribution is -2.37. The van der Waals surface area contributed by atoms with Crippen LogP contribution in [-0.4, -0.2) is 21.8 Å². The van der Waals surface area contributed by atoms with Gasteiger partial charge in [-0.2, -0.15) is 0 Å². The molecule has 1 saturated heterocycles. The molecular weight excluding hydrogens is 218 g/mol. The molecule has 5 heteroatoms. The van der Waals surface area contributed by atoms with Crippen molar-refractivity contribution in [3.8, 4) is 0 Å². The van der Waals surface area contributed by atoms with Crippen LogP contribution < -0.4 is 4.90 Å². The van der Waals surface area contributed by atoms with E-state index in [2.05, 4.69) is 9.97 Å². The number of imide groups is 1. The first-order chi connectivity index (χ1) is 8.23. The summed E-state index contributed by atoms with van der Waals surface area (Å²) >= 11 is 0. The molecule has 2 heterocycles. The Balaban J connectivity index is 1.93. The number of carbonyl (C=O) groups is 2. The first kappa shape index (κ1) is 10.5. The van der Waals surface area contributed by atoms with Crippen LogP contribution in [0.1, 0.15) is 38.5 Å². The van der Waals surface area contributed by atoms with E-state index >= 15 is 0 Å². The number of anilines is 1. The molecule has 0 atom stereocenters. The number of hydrogen-bond donors (Lipinski definition) is 1. The minimum atomic E-state index is -0.428. The average Bonchev–Trinajstić information content (AvgIpc) is 2.90. The fourth-order valence-electron chi connectivity index (χ4n) is 3.01. The number of hydrogen-bond acceptors (Lipinski definition) is 3. The highest BCUT2D eigenvalue weighted by Crippen LogP contribution is 2.45. The van der Waals surface area contributed by atoms with Gasteiger partial charge in [0.25, 0.3) is 0 Å². The second-order valence-corrected chi connectivity index (χ2v) is 4.96. The molecule has 0 unspecified atom stereocenters. The Morgan fingerprint density at radius 3 is 2.65 bits per heavy atom. The summed E-state index contributed by atoms with van der Waals surface area (Å²) in [6.07, 6.45) is 8.49. The van der Waals surface area contributed by atoms with Crippen LogP contribution >= 0.6 is 0 Å². The number of amides is 2. The number of aromatic nitrogens is 2. The van der Waals surface area contributed by atoms with Crippen molar-refractivity contribution < 1.29 is 9.59 Å². The van der Waals surface area contributed by atoms with Gasteiger partial charge in [0.05, 0.1) is 5.41 Å². The van der Waals surface area contributed by atoms with E-state index in [1.165, 1.54) is 11.3 Å². The number of nitrogens with zero attached hydrogens (tertiary/aromatic N) is 2. The third-order valence-electron chi connectivity index (χ3n) is 3.90.